The van der Waals surface area contributed by atoms with Gasteiger partial charge in [0.15, 0.2) is 5.65 Å². The molecule has 0 unspecified atom stereocenters. The number of aromatic nitrogens is 3. The summed E-state index contributed by atoms with van der Waals surface area (Å²) >= 11 is 0. The first-order valence-corrected chi connectivity index (χ1v) is 8.44. The third-order valence-electron chi connectivity index (χ3n) is 5.05. The van der Waals surface area contributed by atoms with Gasteiger partial charge in [-0.05, 0) is 43.4 Å². The van der Waals surface area contributed by atoms with Crippen LogP contribution in [-0.2, 0) is 0 Å². The van der Waals surface area contributed by atoms with Gasteiger partial charge in [-0.15, -0.1) is 0 Å². The van der Waals surface area contributed by atoms with Crippen molar-refractivity contribution in [3.05, 3.63) is 52.1 Å². The van der Waals surface area contributed by atoms with Gasteiger partial charge < -0.3 is 4.74 Å². The molecule has 0 amide bonds. The number of rotatable bonds is 3. The molecular formula is C19H21N3O2. The third-order valence-corrected chi connectivity index (χ3v) is 5.05. The molecule has 1 fully saturated rings. The molecule has 1 saturated carbocycles. The molecule has 0 saturated heterocycles. The number of H-pyrrole nitrogens is 1. The molecule has 124 valence electrons. The van der Waals surface area contributed by atoms with E-state index in [1.807, 2.05) is 37.4 Å². The lowest BCUT2D eigenvalue weighted by molar-refractivity contribution is 0.415. The van der Waals surface area contributed by atoms with Gasteiger partial charge in [0.2, 0.25) is 0 Å². The summed E-state index contributed by atoms with van der Waals surface area (Å²) in [7, 11) is 1.65. The number of benzene rings is 1. The Morgan fingerprint density at radius 3 is 2.58 bits per heavy atom. The van der Waals surface area contributed by atoms with E-state index in [4.69, 9.17) is 9.72 Å². The summed E-state index contributed by atoms with van der Waals surface area (Å²) < 4.78 is 6.79. The summed E-state index contributed by atoms with van der Waals surface area (Å²) in [5.41, 5.74) is 4.41. The Kier molecular flexibility index (Phi) is 3.63. The summed E-state index contributed by atoms with van der Waals surface area (Å²) in [5, 5.41) is 3.09. The summed E-state index contributed by atoms with van der Waals surface area (Å²) in [5.74, 6) is 1.16. The van der Waals surface area contributed by atoms with Crippen molar-refractivity contribution in [1.82, 2.24) is 14.6 Å². The fraction of sp³-hybridized carbons (Fsp3) is 0.368. The minimum absolute atomic E-state index is 0.0455. The van der Waals surface area contributed by atoms with E-state index >= 15 is 0 Å². The van der Waals surface area contributed by atoms with Crippen molar-refractivity contribution in [3.63, 3.8) is 0 Å². The highest BCUT2D eigenvalue weighted by molar-refractivity contribution is 5.77. The molecule has 2 heterocycles. The number of aryl methyl sites for hydroxylation is 1. The van der Waals surface area contributed by atoms with E-state index in [1.165, 1.54) is 12.8 Å². The van der Waals surface area contributed by atoms with Crippen molar-refractivity contribution < 1.29 is 4.74 Å². The van der Waals surface area contributed by atoms with Crippen LogP contribution in [0.3, 0.4) is 0 Å². The second-order valence-corrected chi connectivity index (χ2v) is 6.47. The molecule has 1 aliphatic carbocycles. The van der Waals surface area contributed by atoms with E-state index in [1.54, 1.807) is 11.6 Å². The molecule has 0 spiro atoms. The molecule has 0 atom stereocenters. The number of nitrogens with zero attached hydrogens (tertiary/aromatic N) is 2. The summed E-state index contributed by atoms with van der Waals surface area (Å²) in [4.78, 5) is 17.7. The van der Waals surface area contributed by atoms with Crippen molar-refractivity contribution in [2.24, 2.45) is 0 Å². The molecule has 1 aromatic carbocycles. The van der Waals surface area contributed by atoms with Crippen LogP contribution in [0.2, 0.25) is 0 Å². The Morgan fingerprint density at radius 1 is 1.21 bits per heavy atom. The zero-order valence-corrected chi connectivity index (χ0v) is 14.0. The Labute approximate surface area is 140 Å². The Morgan fingerprint density at radius 2 is 1.92 bits per heavy atom. The van der Waals surface area contributed by atoms with Crippen LogP contribution in [0.4, 0.5) is 0 Å². The van der Waals surface area contributed by atoms with Gasteiger partial charge in [0.25, 0.3) is 5.56 Å². The van der Waals surface area contributed by atoms with Crippen molar-refractivity contribution in [2.45, 2.75) is 38.5 Å². The van der Waals surface area contributed by atoms with E-state index in [-0.39, 0.29) is 5.56 Å². The standard InChI is InChI=1S/C19H21N3O2/c1-12-17(14-5-3-4-6-14)19(23)22-18(21-12)16(11-20-22)13-7-9-15(24-2)10-8-13/h7-11,14,20H,3-6H2,1-2H3. The van der Waals surface area contributed by atoms with Crippen LogP contribution in [0.5, 0.6) is 5.75 Å². The van der Waals surface area contributed by atoms with Crippen LogP contribution >= 0.6 is 0 Å². The average Bonchev–Trinajstić information content (AvgIpc) is 3.25. The Balaban J connectivity index is 1.86. The highest BCUT2D eigenvalue weighted by Crippen LogP contribution is 2.34. The van der Waals surface area contributed by atoms with Crippen LogP contribution in [-0.4, -0.2) is 21.7 Å². The molecule has 0 bridgehead atoms. The monoisotopic (exact) mass is 323 g/mol. The van der Waals surface area contributed by atoms with Crippen LogP contribution in [0.25, 0.3) is 16.8 Å². The van der Waals surface area contributed by atoms with Crippen LogP contribution in [0.1, 0.15) is 42.9 Å². The number of fused-ring (bicyclic) bond motifs is 1. The molecule has 3 aromatic rings. The molecule has 1 aliphatic rings. The van der Waals surface area contributed by atoms with Crippen molar-refractivity contribution in [1.29, 1.82) is 0 Å². The summed E-state index contributed by atoms with van der Waals surface area (Å²) in [6.07, 6.45) is 6.44. The molecule has 0 aliphatic heterocycles. The molecule has 24 heavy (non-hydrogen) atoms. The van der Waals surface area contributed by atoms with Gasteiger partial charge in [-0.1, -0.05) is 25.0 Å². The minimum atomic E-state index is 0.0455. The average molecular weight is 323 g/mol. The summed E-state index contributed by atoms with van der Waals surface area (Å²) in [6, 6.07) is 7.79. The number of methoxy groups -OCH3 is 1. The van der Waals surface area contributed by atoms with E-state index in [0.29, 0.717) is 11.6 Å². The van der Waals surface area contributed by atoms with Crippen molar-refractivity contribution in [2.75, 3.05) is 7.11 Å². The van der Waals surface area contributed by atoms with E-state index < -0.39 is 0 Å². The van der Waals surface area contributed by atoms with Crippen molar-refractivity contribution >= 4 is 5.65 Å². The number of hydrogen-bond acceptors (Lipinski definition) is 3. The molecule has 5 heteroatoms. The molecule has 1 N–H and O–H groups in total. The first-order valence-electron chi connectivity index (χ1n) is 8.44. The molecule has 0 radical (unpaired) electrons. The number of hydrogen-bond donors (Lipinski definition) is 1. The number of nitrogens with one attached hydrogen (secondary N) is 1. The second-order valence-electron chi connectivity index (χ2n) is 6.47. The van der Waals surface area contributed by atoms with E-state index in [9.17, 15) is 4.79 Å². The predicted molar refractivity (Wildman–Crippen MR) is 93.7 cm³/mol. The molecular weight excluding hydrogens is 302 g/mol. The SMILES string of the molecule is COc1ccc(-c2c[nH]n3c(=O)c(C4CCCC4)c(C)nc23)cc1. The fourth-order valence-electron chi connectivity index (χ4n) is 3.80. The maximum Gasteiger partial charge on any atom is 0.276 e. The summed E-state index contributed by atoms with van der Waals surface area (Å²) in [6.45, 7) is 1.96. The molecule has 5 nitrogen and oxygen atoms in total. The van der Waals surface area contributed by atoms with Crippen molar-refractivity contribution in [3.8, 4) is 16.9 Å². The smallest absolute Gasteiger partial charge is 0.276 e. The topological polar surface area (TPSA) is 59.4 Å². The number of aromatic amines is 1. The van der Waals surface area contributed by atoms with Gasteiger partial charge >= 0.3 is 0 Å². The normalized spacial score (nSPS) is 15.2. The minimum Gasteiger partial charge on any atom is -0.497 e. The van der Waals surface area contributed by atoms with Crippen LogP contribution in [0, 0.1) is 6.92 Å². The van der Waals surface area contributed by atoms with Gasteiger partial charge in [0.05, 0.1) is 7.11 Å². The van der Waals surface area contributed by atoms with Gasteiger partial charge in [-0.2, -0.15) is 0 Å². The number of ether oxygens (including phenoxy) is 1. The lowest BCUT2D eigenvalue weighted by atomic mass is 9.97. The lowest BCUT2D eigenvalue weighted by Gasteiger charge is -2.12. The van der Waals surface area contributed by atoms with E-state index in [2.05, 4.69) is 5.10 Å². The quantitative estimate of drug-likeness (QED) is 0.800. The van der Waals surface area contributed by atoms with Gasteiger partial charge in [0.1, 0.15) is 5.75 Å². The predicted octanol–water partition coefficient (Wildman–Crippen LogP) is 3.66. The van der Waals surface area contributed by atoms with Gasteiger partial charge in [-0.25, -0.2) is 9.50 Å². The van der Waals surface area contributed by atoms with Gasteiger partial charge in [0, 0.05) is 23.0 Å². The zero-order valence-electron chi connectivity index (χ0n) is 14.0. The first-order chi connectivity index (χ1) is 11.7. The molecule has 4 rings (SSSR count). The fourth-order valence-corrected chi connectivity index (χ4v) is 3.80. The maximum absolute atomic E-state index is 13.0. The Hall–Kier alpha value is -2.56. The zero-order chi connectivity index (χ0) is 16.7. The van der Waals surface area contributed by atoms with Crippen LogP contribution < -0.4 is 10.3 Å². The molecule has 2 aromatic heterocycles. The largest absolute Gasteiger partial charge is 0.497 e. The highest BCUT2D eigenvalue weighted by Gasteiger charge is 2.24. The lowest BCUT2D eigenvalue weighted by Crippen LogP contribution is -2.23. The first kappa shape index (κ1) is 15.0. The second kappa shape index (κ2) is 5.82. The van der Waals surface area contributed by atoms with Gasteiger partial charge in [-0.3, -0.25) is 9.89 Å². The Bertz CT molecular complexity index is 932. The van der Waals surface area contributed by atoms with Crippen LogP contribution in [0.15, 0.2) is 35.3 Å². The van der Waals surface area contributed by atoms with E-state index in [0.717, 1.165) is 41.0 Å². The third kappa shape index (κ3) is 2.31. The maximum atomic E-state index is 13.0. The highest BCUT2D eigenvalue weighted by atomic mass is 16.5.